The molecule has 4 nitrogen and oxygen atoms in total. The van der Waals surface area contributed by atoms with Gasteiger partial charge in [0.1, 0.15) is 0 Å². The van der Waals surface area contributed by atoms with Gasteiger partial charge in [0, 0.05) is 10.6 Å². The van der Waals surface area contributed by atoms with Gasteiger partial charge in [-0.3, -0.25) is 4.79 Å². The van der Waals surface area contributed by atoms with Crippen molar-refractivity contribution in [1.82, 2.24) is 0 Å². The summed E-state index contributed by atoms with van der Waals surface area (Å²) in [6.07, 6.45) is 1.92. The van der Waals surface area contributed by atoms with E-state index in [2.05, 4.69) is 10.1 Å². The van der Waals surface area contributed by atoms with Crippen molar-refractivity contribution in [3.63, 3.8) is 0 Å². The van der Waals surface area contributed by atoms with Crippen LogP contribution in [0.5, 0.6) is 0 Å². The summed E-state index contributed by atoms with van der Waals surface area (Å²) in [5.74, 6) is -0.790. The number of esters is 1. The Bertz CT molecular complexity index is 718. The molecule has 2 rings (SSSR count). The fraction of sp³-hybridized carbons (Fsp3) is 0.125. The van der Waals surface area contributed by atoms with Crippen molar-refractivity contribution in [2.75, 3.05) is 18.7 Å². The minimum absolute atomic E-state index is 0.331. The quantitative estimate of drug-likeness (QED) is 0.675. The molecule has 0 aliphatic carbocycles. The van der Waals surface area contributed by atoms with Crippen LogP contribution in [0.3, 0.4) is 0 Å². The molecular weight excluding hydrogens is 322 g/mol. The zero-order chi connectivity index (χ0) is 16.1. The molecule has 2 aromatic carbocycles. The van der Waals surface area contributed by atoms with E-state index in [9.17, 15) is 9.59 Å². The number of hydrogen-bond donors (Lipinski definition) is 1. The topological polar surface area (TPSA) is 55.4 Å². The molecule has 0 spiro atoms. The van der Waals surface area contributed by atoms with Crippen LogP contribution < -0.4 is 5.32 Å². The number of halogens is 1. The minimum Gasteiger partial charge on any atom is -0.465 e. The average molecular weight is 336 g/mol. The highest BCUT2D eigenvalue weighted by Crippen LogP contribution is 2.24. The van der Waals surface area contributed by atoms with Crippen molar-refractivity contribution in [3.8, 4) is 0 Å². The smallest absolute Gasteiger partial charge is 0.337 e. The van der Waals surface area contributed by atoms with E-state index in [-0.39, 0.29) is 5.91 Å². The van der Waals surface area contributed by atoms with Gasteiger partial charge in [0.2, 0.25) is 0 Å². The Hall–Kier alpha value is -1.98. The first kappa shape index (κ1) is 16.4. The molecule has 0 saturated heterocycles. The fourth-order valence-electron chi connectivity index (χ4n) is 1.85. The summed E-state index contributed by atoms with van der Waals surface area (Å²) in [4.78, 5) is 24.8. The van der Waals surface area contributed by atoms with Crippen LogP contribution in [0.1, 0.15) is 20.7 Å². The highest BCUT2D eigenvalue weighted by atomic mass is 35.5. The first-order chi connectivity index (χ1) is 10.5. The van der Waals surface area contributed by atoms with Gasteiger partial charge in [-0.15, -0.1) is 11.8 Å². The monoisotopic (exact) mass is 335 g/mol. The molecule has 0 aromatic heterocycles. The summed E-state index contributed by atoms with van der Waals surface area (Å²) in [6.45, 7) is 0. The number of carbonyl (C=O) groups is 2. The number of hydrogen-bond acceptors (Lipinski definition) is 4. The van der Waals surface area contributed by atoms with Gasteiger partial charge in [-0.2, -0.15) is 0 Å². The van der Waals surface area contributed by atoms with E-state index in [1.54, 1.807) is 36.4 Å². The van der Waals surface area contributed by atoms with E-state index in [1.165, 1.54) is 18.9 Å². The highest BCUT2D eigenvalue weighted by Gasteiger charge is 2.13. The van der Waals surface area contributed by atoms with Gasteiger partial charge in [-0.05, 0) is 42.7 Å². The Morgan fingerprint density at radius 2 is 1.95 bits per heavy atom. The number of amides is 1. The van der Waals surface area contributed by atoms with E-state index < -0.39 is 5.97 Å². The molecule has 1 amide bonds. The summed E-state index contributed by atoms with van der Waals surface area (Å²) < 4.78 is 4.65. The lowest BCUT2D eigenvalue weighted by Gasteiger charge is -2.09. The normalized spacial score (nSPS) is 10.1. The number of carbonyl (C=O) groups excluding carboxylic acids is 2. The summed E-state index contributed by atoms with van der Waals surface area (Å²) in [5.41, 5.74) is 1.25. The van der Waals surface area contributed by atoms with Crippen LogP contribution in [0.4, 0.5) is 5.69 Å². The molecular formula is C16H14ClNO3S. The predicted molar refractivity (Wildman–Crippen MR) is 89.0 cm³/mol. The third kappa shape index (κ3) is 3.81. The summed E-state index contributed by atoms with van der Waals surface area (Å²) in [7, 11) is 1.31. The van der Waals surface area contributed by atoms with Crippen LogP contribution in [0.2, 0.25) is 5.02 Å². The Morgan fingerprint density at radius 1 is 1.18 bits per heavy atom. The largest absolute Gasteiger partial charge is 0.465 e. The van der Waals surface area contributed by atoms with E-state index in [0.29, 0.717) is 21.8 Å². The highest BCUT2D eigenvalue weighted by molar-refractivity contribution is 7.98. The van der Waals surface area contributed by atoms with Gasteiger partial charge in [-0.25, -0.2) is 4.79 Å². The molecule has 0 atom stereocenters. The minimum atomic E-state index is -0.460. The zero-order valence-electron chi connectivity index (χ0n) is 12.1. The van der Waals surface area contributed by atoms with Gasteiger partial charge in [0.25, 0.3) is 5.91 Å². The second-order valence-corrected chi connectivity index (χ2v) is 5.66. The molecule has 0 saturated carbocycles. The van der Waals surface area contributed by atoms with E-state index in [4.69, 9.17) is 11.6 Å². The summed E-state index contributed by atoms with van der Waals surface area (Å²) in [5, 5.41) is 3.10. The van der Waals surface area contributed by atoms with Crippen molar-refractivity contribution >= 4 is 40.9 Å². The lowest BCUT2D eigenvalue weighted by molar-refractivity contribution is 0.0600. The number of benzene rings is 2. The first-order valence-corrected chi connectivity index (χ1v) is 7.98. The number of thioether (sulfide) groups is 1. The SMILES string of the molecule is COC(=O)c1cccc(NC(=O)c2cc(SC)ccc2Cl)c1. The maximum atomic E-state index is 12.3. The number of ether oxygens (including phenoxy) is 1. The maximum absolute atomic E-state index is 12.3. The van der Waals surface area contributed by atoms with Crippen LogP contribution in [-0.4, -0.2) is 25.2 Å². The van der Waals surface area contributed by atoms with E-state index in [0.717, 1.165) is 4.90 Å². The van der Waals surface area contributed by atoms with Gasteiger partial charge in [0.05, 0.1) is 23.3 Å². The van der Waals surface area contributed by atoms with Crippen molar-refractivity contribution in [3.05, 3.63) is 58.6 Å². The van der Waals surface area contributed by atoms with Crippen LogP contribution in [0, 0.1) is 0 Å². The van der Waals surface area contributed by atoms with Crippen LogP contribution in [0.15, 0.2) is 47.4 Å². The predicted octanol–water partition coefficient (Wildman–Crippen LogP) is 4.10. The Kier molecular flexibility index (Phi) is 5.46. The van der Waals surface area contributed by atoms with Crippen LogP contribution in [-0.2, 0) is 4.74 Å². The molecule has 0 unspecified atom stereocenters. The third-order valence-corrected chi connectivity index (χ3v) is 4.01. The van der Waals surface area contributed by atoms with Gasteiger partial charge >= 0.3 is 5.97 Å². The lowest BCUT2D eigenvalue weighted by atomic mass is 10.1. The molecule has 0 radical (unpaired) electrons. The molecule has 0 aliphatic rings. The molecule has 2 aromatic rings. The molecule has 0 bridgehead atoms. The van der Waals surface area contributed by atoms with E-state index in [1.807, 2.05) is 12.3 Å². The lowest BCUT2D eigenvalue weighted by Crippen LogP contribution is -2.13. The number of anilines is 1. The molecule has 0 aliphatic heterocycles. The molecule has 1 N–H and O–H groups in total. The number of methoxy groups -OCH3 is 1. The number of rotatable bonds is 4. The van der Waals surface area contributed by atoms with E-state index >= 15 is 0 Å². The molecule has 0 fully saturated rings. The van der Waals surface area contributed by atoms with Crippen LogP contribution in [0.25, 0.3) is 0 Å². The van der Waals surface area contributed by atoms with Crippen LogP contribution >= 0.6 is 23.4 Å². The third-order valence-electron chi connectivity index (χ3n) is 2.96. The van der Waals surface area contributed by atoms with Crippen molar-refractivity contribution in [2.45, 2.75) is 4.90 Å². The van der Waals surface area contributed by atoms with Crippen molar-refractivity contribution < 1.29 is 14.3 Å². The molecule has 22 heavy (non-hydrogen) atoms. The van der Waals surface area contributed by atoms with Crippen molar-refractivity contribution in [2.24, 2.45) is 0 Å². The summed E-state index contributed by atoms with van der Waals surface area (Å²) >= 11 is 7.60. The molecule has 114 valence electrons. The maximum Gasteiger partial charge on any atom is 0.337 e. The zero-order valence-corrected chi connectivity index (χ0v) is 13.6. The molecule has 6 heteroatoms. The standard InChI is InChI=1S/C16H14ClNO3S/c1-21-16(20)10-4-3-5-11(8-10)18-15(19)13-9-12(22-2)6-7-14(13)17/h3-9H,1-2H3,(H,18,19). The second-order valence-electron chi connectivity index (χ2n) is 4.37. The Labute approximate surface area is 137 Å². The Morgan fingerprint density at radius 3 is 2.64 bits per heavy atom. The number of nitrogens with one attached hydrogen (secondary N) is 1. The summed E-state index contributed by atoms with van der Waals surface area (Å²) in [6, 6.07) is 11.8. The molecule has 0 heterocycles. The van der Waals surface area contributed by atoms with Gasteiger partial charge in [0.15, 0.2) is 0 Å². The van der Waals surface area contributed by atoms with Crippen molar-refractivity contribution in [1.29, 1.82) is 0 Å². The second kappa shape index (κ2) is 7.33. The fourth-order valence-corrected chi connectivity index (χ4v) is 2.49. The van der Waals surface area contributed by atoms with Gasteiger partial charge in [-0.1, -0.05) is 17.7 Å². The first-order valence-electron chi connectivity index (χ1n) is 6.38. The van der Waals surface area contributed by atoms with Gasteiger partial charge < -0.3 is 10.1 Å². The average Bonchev–Trinajstić information content (AvgIpc) is 2.54. The Balaban J connectivity index is 2.24.